The number of halogens is 1. The van der Waals surface area contributed by atoms with Gasteiger partial charge in [0, 0.05) is 36.1 Å². The molecule has 2 aromatic rings. The van der Waals surface area contributed by atoms with Gasteiger partial charge in [0.05, 0.1) is 12.6 Å². The summed E-state index contributed by atoms with van der Waals surface area (Å²) in [6, 6.07) is 11.9. The second kappa shape index (κ2) is 10.1. The van der Waals surface area contributed by atoms with Crippen molar-refractivity contribution < 1.29 is 9.53 Å². The summed E-state index contributed by atoms with van der Waals surface area (Å²) >= 11 is 7.72. The van der Waals surface area contributed by atoms with Gasteiger partial charge in [0.1, 0.15) is 0 Å². The maximum absolute atomic E-state index is 12.4. The molecule has 1 amide bonds. The third-order valence-corrected chi connectivity index (χ3v) is 5.53. The molecule has 1 saturated heterocycles. The topological polar surface area (TPSA) is 41.6 Å². The summed E-state index contributed by atoms with van der Waals surface area (Å²) in [7, 11) is 0. The molecule has 1 fully saturated rings. The summed E-state index contributed by atoms with van der Waals surface area (Å²) in [6.07, 6.45) is 3.22. The SMILES string of the molecule is O=C(CN(Cc1cccs1)C[C@@H]1CCCO1)NCCc1cccc(Cl)c1. The molecule has 4 nitrogen and oxygen atoms in total. The number of rotatable bonds is 9. The van der Waals surface area contributed by atoms with E-state index >= 15 is 0 Å². The lowest BCUT2D eigenvalue weighted by molar-refractivity contribution is -0.122. The molecule has 0 aliphatic carbocycles. The maximum atomic E-state index is 12.4. The van der Waals surface area contributed by atoms with Gasteiger partial charge < -0.3 is 10.1 Å². The van der Waals surface area contributed by atoms with Gasteiger partial charge in [-0.2, -0.15) is 0 Å². The van der Waals surface area contributed by atoms with Crippen LogP contribution in [0.15, 0.2) is 41.8 Å². The summed E-state index contributed by atoms with van der Waals surface area (Å²) in [6.45, 7) is 3.45. The van der Waals surface area contributed by atoms with Gasteiger partial charge in [-0.1, -0.05) is 29.8 Å². The molecule has 1 N–H and O–H groups in total. The van der Waals surface area contributed by atoms with E-state index in [9.17, 15) is 4.79 Å². The van der Waals surface area contributed by atoms with E-state index in [2.05, 4.69) is 27.7 Å². The molecule has 6 heteroatoms. The van der Waals surface area contributed by atoms with Crippen molar-refractivity contribution in [2.24, 2.45) is 0 Å². The Morgan fingerprint density at radius 3 is 3.00 bits per heavy atom. The lowest BCUT2D eigenvalue weighted by Crippen LogP contribution is -2.40. The van der Waals surface area contributed by atoms with Crippen LogP contribution in [0.1, 0.15) is 23.3 Å². The average Bonchev–Trinajstić information content (AvgIpc) is 3.29. The van der Waals surface area contributed by atoms with Crippen LogP contribution in [0.5, 0.6) is 0 Å². The number of ether oxygens (including phenoxy) is 1. The smallest absolute Gasteiger partial charge is 0.234 e. The second-order valence-electron chi connectivity index (χ2n) is 6.61. The normalized spacial score (nSPS) is 16.9. The van der Waals surface area contributed by atoms with Gasteiger partial charge >= 0.3 is 0 Å². The third kappa shape index (κ3) is 6.40. The molecule has 0 radical (unpaired) electrons. The number of nitrogens with one attached hydrogen (secondary N) is 1. The highest BCUT2D eigenvalue weighted by molar-refractivity contribution is 7.09. The molecule has 1 aliphatic heterocycles. The van der Waals surface area contributed by atoms with Gasteiger partial charge in [0.2, 0.25) is 5.91 Å². The monoisotopic (exact) mass is 392 g/mol. The van der Waals surface area contributed by atoms with Crippen molar-refractivity contribution in [3.8, 4) is 0 Å². The number of benzene rings is 1. The van der Waals surface area contributed by atoms with Crippen LogP contribution < -0.4 is 5.32 Å². The molecular formula is C20H25ClN2O2S. The number of amides is 1. The zero-order valence-electron chi connectivity index (χ0n) is 14.8. The minimum atomic E-state index is 0.0570. The van der Waals surface area contributed by atoms with E-state index < -0.39 is 0 Å². The summed E-state index contributed by atoms with van der Waals surface area (Å²) in [4.78, 5) is 15.9. The molecule has 0 bridgehead atoms. The molecule has 0 spiro atoms. The first-order valence-corrected chi connectivity index (χ1v) is 10.3. The molecule has 0 saturated carbocycles. The fraction of sp³-hybridized carbons (Fsp3) is 0.450. The van der Waals surface area contributed by atoms with Crippen molar-refractivity contribution in [3.63, 3.8) is 0 Å². The minimum absolute atomic E-state index is 0.0570. The Labute approximate surface area is 164 Å². The van der Waals surface area contributed by atoms with Gasteiger partial charge in [-0.15, -0.1) is 11.3 Å². The molecule has 140 valence electrons. The fourth-order valence-corrected chi connectivity index (χ4v) is 4.14. The lowest BCUT2D eigenvalue weighted by atomic mass is 10.1. The molecular weight excluding hydrogens is 368 g/mol. The van der Waals surface area contributed by atoms with Crippen molar-refractivity contribution in [1.29, 1.82) is 0 Å². The number of hydrogen-bond acceptors (Lipinski definition) is 4. The molecule has 2 heterocycles. The van der Waals surface area contributed by atoms with Gasteiger partial charge in [-0.3, -0.25) is 9.69 Å². The van der Waals surface area contributed by atoms with Crippen molar-refractivity contribution >= 4 is 28.8 Å². The minimum Gasteiger partial charge on any atom is -0.377 e. The summed E-state index contributed by atoms with van der Waals surface area (Å²) < 4.78 is 5.75. The molecule has 0 unspecified atom stereocenters. The quantitative estimate of drug-likeness (QED) is 0.706. The molecule has 1 aliphatic rings. The summed E-state index contributed by atoms with van der Waals surface area (Å²) in [5.74, 6) is 0.0570. The van der Waals surface area contributed by atoms with E-state index in [1.165, 1.54) is 4.88 Å². The third-order valence-electron chi connectivity index (χ3n) is 4.44. The summed E-state index contributed by atoms with van der Waals surface area (Å²) in [5, 5.41) is 5.83. The van der Waals surface area contributed by atoms with Crippen LogP contribution in [0.3, 0.4) is 0 Å². The van der Waals surface area contributed by atoms with Crippen LogP contribution in [0.25, 0.3) is 0 Å². The van der Waals surface area contributed by atoms with Crippen LogP contribution in [-0.2, 0) is 22.5 Å². The van der Waals surface area contributed by atoms with Crippen LogP contribution >= 0.6 is 22.9 Å². The van der Waals surface area contributed by atoms with Crippen molar-refractivity contribution in [3.05, 3.63) is 57.2 Å². The number of carbonyl (C=O) groups excluding carboxylic acids is 1. The van der Waals surface area contributed by atoms with Crippen molar-refractivity contribution in [2.45, 2.75) is 31.9 Å². The van der Waals surface area contributed by atoms with Crippen LogP contribution in [0.2, 0.25) is 5.02 Å². The Bertz CT molecular complexity index is 687. The van der Waals surface area contributed by atoms with Crippen molar-refractivity contribution in [1.82, 2.24) is 10.2 Å². The second-order valence-corrected chi connectivity index (χ2v) is 8.08. The Morgan fingerprint density at radius 2 is 2.27 bits per heavy atom. The highest BCUT2D eigenvalue weighted by atomic mass is 35.5. The summed E-state index contributed by atoms with van der Waals surface area (Å²) in [5.41, 5.74) is 1.13. The van der Waals surface area contributed by atoms with Gasteiger partial charge in [-0.25, -0.2) is 0 Å². The fourth-order valence-electron chi connectivity index (χ4n) is 3.18. The molecule has 26 heavy (non-hydrogen) atoms. The Kier molecular flexibility index (Phi) is 7.50. The molecule has 3 rings (SSSR count). The van der Waals surface area contributed by atoms with Crippen LogP contribution in [0.4, 0.5) is 0 Å². The van der Waals surface area contributed by atoms with Gasteiger partial charge in [0.15, 0.2) is 0 Å². The number of nitrogens with zero attached hydrogens (tertiary/aromatic N) is 1. The Balaban J connectivity index is 1.47. The van der Waals surface area contributed by atoms with Gasteiger partial charge in [0.25, 0.3) is 0 Å². The van der Waals surface area contributed by atoms with E-state index in [-0.39, 0.29) is 12.0 Å². The first-order valence-electron chi connectivity index (χ1n) is 9.06. The van der Waals surface area contributed by atoms with E-state index in [4.69, 9.17) is 16.3 Å². The number of hydrogen-bond donors (Lipinski definition) is 1. The average molecular weight is 393 g/mol. The first kappa shape index (κ1) is 19.4. The Morgan fingerprint density at radius 1 is 1.35 bits per heavy atom. The number of carbonyl (C=O) groups is 1. The standard InChI is InChI=1S/C20H25ClN2O2S/c21-17-5-1-4-16(12-17)8-9-22-20(24)15-23(13-18-6-2-10-25-18)14-19-7-3-11-26-19/h1,3-5,7,11-12,18H,2,6,8-10,13-15H2,(H,22,24)/t18-/m0/s1. The lowest BCUT2D eigenvalue weighted by Gasteiger charge is -2.24. The largest absolute Gasteiger partial charge is 0.377 e. The molecule has 1 aromatic heterocycles. The Hall–Kier alpha value is -1.40. The predicted octanol–water partition coefficient (Wildman–Crippen LogP) is 3.74. The van der Waals surface area contributed by atoms with E-state index in [0.29, 0.717) is 13.1 Å². The first-order chi connectivity index (χ1) is 12.7. The highest BCUT2D eigenvalue weighted by Crippen LogP contribution is 2.17. The zero-order chi connectivity index (χ0) is 18.2. The van der Waals surface area contributed by atoms with Crippen molar-refractivity contribution in [2.75, 3.05) is 26.2 Å². The van der Waals surface area contributed by atoms with E-state index in [1.54, 1.807) is 11.3 Å². The zero-order valence-corrected chi connectivity index (χ0v) is 16.4. The van der Waals surface area contributed by atoms with Crippen LogP contribution in [0, 0.1) is 0 Å². The van der Waals surface area contributed by atoms with Crippen LogP contribution in [-0.4, -0.2) is 43.2 Å². The molecule has 1 aromatic carbocycles. The maximum Gasteiger partial charge on any atom is 0.234 e. The predicted molar refractivity (Wildman–Crippen MR) is 107 cm³/mol. The van der Waals surface area contributed by atoms with Gasteiger partial charge in [-0.05, 0) is 48.4 Å². The highest BCUT2D eigenvalue weighted by Gasteiger charge is 2.21. The number of thiophene rings is 1. The molecule has 1 atom stereocenters. The van der Waals surface area contributed by atoms with E-state index in [0.717, 1.165) is 49.5 Å². The van der Waals surface area contributed by atoms with E-state index in [1.807, 2.05) is 24.3 Å².